The molecule has 0 radical (unpaired) electrons. The second kappa shape index (κ2) is 7.84. The van der Waals surface area contributed by atoms with Crippen molar-refractivity contribution in [3.05, 3.63) is 35.4 Å². The van der Waals surface area contributed by atoms with Gasteiger partial charge in [0, 0.05) is 0 Å². The number of rotatable bonds is 7. The van der Waals surface area contributed by atoms with Gasteiger partial charge in [0.1, 0.15) is 6.04 Å². The summed E-state index contributed by atoms with van der Waals surface area (Å²) in [5.74, 6) is -0.517. The molecular weight excluding hydrogens is 262 g/mol. The summed E-state index contributed by atoms with van der Waals surface area (Å²) in [5, 5.41) is 11.6. The number of aliphatic carboxylic acids is 1. The predicted octanol–water partition coefficient (Wildman–Crippen LogP) is 1.86. The van der Waals surface area contributed by atoms with Crippen LogP contribution in [0, 0.1) is 6.92 Å². The summed E-state index contributed by atoms with van der Waals surface area (Å²) >= 11 is 1.57. The molecule has 1 aromatic carbocycles. The van der Waals surface area contributed by atoms with Crippen molar-refractivity contribution in [1.82, 2.24) is 5.32 Å². The lowest BCUT2D eigenvalue weighted by molar-refractivity contribution is -0.141. The van der Waals surface area contributed by atoms with Crippen LogP contribution in [0.1, 0.15) is 17.5 Å². The average Bonchev–Trinajstić information content (AvgIpc) is 2.37. The highest BCUT2D eigenvalue weighted by Gasteiger charge is 2.19. The van der Waals surface area contributed by atoms with E-state index in [9.17, 15) is 9.59 Å². The maximum atomic E-state index is 11.9. The molecule has 19 heavy (non-hydrogen) atoms. The SMILES string of the molecule is CSCCC(NC(=O)Cc1ccccc1C)C(=O)O. The molecule has 4 nitrogen and oxygen atoms in total. The van der Waals surface area contributed by atoms with Crippen molar-refractivity contribution in [2.45, 2.75) is 25.8 Å². The molecule has 1 unspecified atom stereocenters. The molecule has 104 valence electrons. The van der Waals surface area contributed by atoms with Crippen LogP contribution >= 0.6 is 11.8 Å². The molecule has 0 saturated carbocycles. The Kier molecular flexibility index (Phi) is 6.42. The molecule has 0 aliphatic rings. The van der Waals surface area contributed by atoms with Gasteiger partial charge in [0.05, 0.1) is 6.42 Å². The molecule has 1 amide bonds. The zero-order valence-corrected chi connectivity index (χ0v) is 12.0. The van der Waals surface area contributed by atoms with E-state index in [-0.39, 0.29) is 12.3 Å². The number of carbonyl (C=O) groups excluding carboxylic acids is 1. The summed E-state index contributed by atoms with van der Waals surface area (Å²) in [6.45, 7) is 1.94. The largest absolute Gasteiger partial charge is 0.480 e. The Balaban J connectivity index is 2.58. The zero-order chi connectivity index (χ0) is 14.3. The molecule has 0 aromatic heterocycles. The summed E-state index contributed by atoms with van der Waals surface area (Å²) in [6, 6.07) is 6.80. The fraction of sp³-hybridized carbons (Fsp3) is 0.429. The minimum Gasteiger partial charge on any atom is -0.480 e. The number of carboxylic acid groups (broad SMARTS) is 1. The topological polar surface area (TPSA) is 66.4 Å². The molecule has 1 aromatic rings. The number of carboxylic acids is 1. The summed E-state index contributed by atoms with van der Waals surface area (Å²) < 4.78 is 0. The molecule has 0 saturated heterocycles. The van der Waals surface area contributed by atoms with Crippen LogP contribution in [-0.2, 0) is 16.0 Å². The molecule has 0 fully saturated rings. The van der Waals surface area contributed by atoms with E-state index >= 15 is 0 Å². The summed E-state index contributed by atoms with van der Waals surface area (Å²) in [7, 11) is 0. The molecule has 1 atom stereocenters. The van der Waals surface area contributed by atoms with Crippen molar-refractivity contribution in [1.29, 1.82) is 0 Å². The molecule has 0 spiro atoms. The van der Waals surface area contributed by atoms with Crippen molar-refractivity contribution >= 4 is 23.6 Å². The number of amides is 1. The molecule has 5 heteroatoms. The molecule has 0 aliphatic carbocycles. The second-order valence-electron chi connectivity index (χ2n) is 4.34. The molecule has 0 bridgehead atoms. The van der Waals surface area contributed by atoms with Crippen LogP contribution in [0.4, 0.5) is 0 Å². The predicted molar refractivity (Wildman–Crippen MR) is 77.4 cm³/mol. The van der Waals surface area contributed by atoms with Crippen LogP contribution in [-0.4, -0.2) is 35.0 Å². The van der Waals surface area contributed by atoms with Crippen molar-refractivity contribution in [2.24, 2.45) is 0 Å². The van der Waals surface area contributed by atoms with Crippen LogP contribution in [0.3, 0.4) is 0 Å². The van der Waals surface area contributed by atoms with Gasteiger partial charge in [-0.3, -0.25) is 4.79 Å². The van der Waals surface area contributed by atoms with Crippen molar-refractivity contribution in [2.75, 3.05) is 12.0 Å². The lowest BCUT2D eigenvalue weighted by Crippen LogP contribution is -2.41. The van der Waals surface area contributed by atoms with Crippen LogP contribution in [0.15, 0.2) is 24.3 Å². The van der Waals surface area contributed by atoms with E-state index in [2.05, 4.69) is 5.32 Å². The Hall–Kier alpha value is -1.49. The third-order valence-electron chi connectivity index (χ3n) is 2.86. The Bertz CT molecular complexity index is 448. The Morgan fingerprint density at radius 1 is 1.37 bits per heavy atom. The second-order valence-corrected chi connectivity index (χ2v) is 5.33. The van der Waals surface area contributed by atoms with Gasteiger partial charge < -0.3 is 10.4 Å². The number of hydrogen-bond donors (Lipinski definition) is 2. The lowest BCUT2D eigenvalue weighted by atomic mass is 10.1. The molecule has 0 heterocycles. The van der Waals surface area contributed by atoms with Gasteiger partial charge in [-0.25, -0.2) is 4.79 Å². The van der Waals surface area contributed by atoms with E-state index in [1.54, 1.807) is 11.8 Å². The van der Waals surface area contributed by atoms with E-state index in [0.717, 1.165) is 11.1 Å². The van der Waals surface area contributed by atoms with Crippen LogP contribution in [0.5, 0.6) is 0 Å². The van der Waals surface area contributed by atoms with Gasteiger partial charge >= 0.3 is 5.97 Å². The van der Waals surface area contributed by atoms with E-state index < -0.39 is 12.0 Å². The number of carbonyl (C=O) groups is 2. The van der Waals surface area contributed by atoms with Gasteiger partial charge in [-0.05, 0) is 36.5 Å². The first-order valence-electron chi connectivity index (χ1n) is 6.10. The summed E-state index contributed by atoms with van der Waals surface area (Å²) in [4.78, 5) is 22.9. The maximum Gasteiger partial charge on any atom is 0.326 e. The van der Waals surface area contributed by atoms with E-state index in [1.807, 2.05) is 37.4 Å². The fourth-order valence-corrected chi connectivity index (χ4v) is 2.19. The van der Waals surface area contributed by atoms with Crippen molar-refractivity contribution in [3.63, 3.8) is 0 Å². The van der Waals surface area contributed by atoms with Gasteiger partial charge in [0.25, 0.3) is 0 Å². The molecule has 2 N–H and O–H groups in total. The normalized spacial score (nSPS) is 11.9. The van der Waals surface area contributed by atoms with Crippen LogP contribution in [0.2, 0.25) is 0 Å². The van der Waals surface area contributed by atoms with E-state index in [0.29, 0.717) is 12.2 Å². The van der Waals surface area contributed by atoms with E-state index in [1.165, 1.54) is 0 Å². The average molecular weight is 281 g/mol. The number of thioether (sulfide) groups is 1. The number of aryl methyl sites for hydroxylation is 1. The van der Waals surface area contributed by atoms with Gasteiger partial charge in [-0.2, -0.15) is 11.8 Å². The highest BCUT2D eigenvalue weighted by Crippen LogP contribution is 2.08. The minimum absolute atomic E-state index is 0.218. The van der Waals surface area contributed by atoms with Gasteiger partial charge in [-0.15, -0.1) is 0 Å². The Morgan fingerprint density at radius 2 is 2.05 bits per heavy atom. The number of hydrogen-bond acceptors (Lipinski definition) is 3. The first-order valence-corrected chi connectivity index (χ1v) is 7.49. The third-order valence-corrected chi connectivity index (χ3v) is 3.50. The van der Waals surface area contributed by atoms with Crippen LogP contribution < -0.4 is 5.32 Å². The first-order chi connectivity index (χ1) is 9.04. The Labute approximate surface area is 117 Å². The van der Waals surface area contributed by atoms with Gasteiger partial charge in [0.15, 0.2) is 0 Å². The first kappa shape index (κ1) is 15.6. The van der Waals surface area contributed by atoms with E-state index in [4.69, 9.17) is 5.11 Å². The van der Waals surface area contributed by atoms with Crippen LogP contribution in [0.25, 0.3) is 0 Å². The standard InChI is InChI=1S/C14H19NO3S/c1-10-5-3-4-6-11(10)9-13(16)15-12(14(17)18)7-8-19-2/h3-6,12H,7-9H2,1-2H3,(H,15,16)(H,17,18). The fourth-order valence-electron chi connectivity index (χ4n) is 1.72. The quantitative estimate of drug-likeness (QED) is 0.800. The molecule has 1 rings (SSSR count). The number of benzene rings is 1. The molecule has 0 aliphatic heterocycles. The summed E-state index contributed by atoms with van der Waals surface area (Å²) in [6.07, 6.45) is 2.57. The highest BCUT2D eigenvalue weighted by molar-refractivity contribution is 7.98. The van der Waals surface area contributed by atoms with Crippen molar-refractivity contribution < 1.29 is 14.7 Å². The van der Waals surface area contributed by atoms with Gasteiger partial charge in [-0.1, -0.05) is 24.3 Å². The lowest BCUT2D eigenvalue weighted by Gasteiger charge is -2.14. The van der Waals surface area contributed by atoms with Gasteiger partial charge in [0.2, 0.25) is 5.91 Å². The zero-order valence-electron chi connectivity index (χ0n) is 11.2. The third kappa shape index (κ3) is 5.34. The Morgan fingerprint density at radius 3 is 2.63 bits per heavy atom. The monoisotopic (exact) mass is 281 g/mol. The maximum absolute atomic E-state index is 11.9. The number of nitrogens with one attached hydrogen (secondary N) is 1. The smallest absolute Gasteiger partial charge is 0.326 e. The minimum atomic E-state index is -0.979. The highest BCUT2D eigenvalue weighted by atomic mass is 32.2. The summed E-state index contributed by atoms with van der Waals surface area (Å²) in [5.41, 5.74) is 1.96. The van der Waals surface area contributed by atoms with Crippen molar-refractivity contribution in [3.8, 4) is 0 Å². The molecular formula is C14H19NO3S.